The van der Waals surface area contributed by atoms with Gasteiger partial charge in [-0.3, -0.25) is 0 Å². The zero-order chi connectivity index (χ0) is 15.9. The summed E-state index contributed by atoms with van der Waals surface area (Å²) in [6.07, 6.45) is 4.58. The number of benzene rings is 1. The van der Waals surface area contributed by atoms with Gasteiger partial charge in [-0.1, -0.05) is 12.1 Å². The van der Waals surface area contributed by atoms with E-state index in [4.69, 9.17) is 4.74 Å². The molecule has 0 bridgehead atoms. The van der Waals surface area contributed by atoms with Gasteiger partial charge in [-0.25, -0.2) is 9.97 Å². The molecule has 5 nitrogen and oxygen atoms in total. The summed E-state index contributed by atoms with van der Waals surface area (Å²) < 4.78 is 5.81. The van der Waals surface area contributed by atoms with E-state index in [0.29, 0.717) is 18.6 Å². The maximum absolute atomic E-state index is 5.81. The number of hydrogen-bond donors (Lipinski definition) is 1. The zero-order valence-electron chi connectivity index (χ0n) is 13.3. The van der Waals surface area contributed by atoms with E-state index in [1.54, 1.807) is 12.4 Å². The predicted molar refractivity (Wildman–Crippen MR) is 95.2 cm³/mol. The van der Waals surface area contributed by atoms with Crippen molar-refractivity contribution in [3.8, 4) is 5.75 Å². The van der Waals surface area contributed by atoms with Crippen LogP contribution in [0.25, 0.3) is 0 Å². The molecule has 1 fully saturated rings. The van der Waals surface area contributed by atoms with E-state index in [1.165, 1.54) is 11.3 Å². The summed E-state index contributed by atoms with van der Waals surface area (Å²) in [5, 5.41) is 3.50. The van der Waals surface area contributed by atoms with Crippen molar-refractivity contribution in [2.45, 2.75) is 12.5 Å². The van der Waals surface area contributed by atoms with Crippen LogP contribution in [0.1, 0.15) is 5.56 Å². The van der Waals surface area contributed by atoms with Gasteiger partial charge in [0.1, 0.15) is 12.4 Å². The summed E-state index contributed by atoms with van der Waals surface area (Å²) in [6, 6.07) is 10.8. The number of nitrogens with zero attached hydrogens (tertiary/aromatic N) is 3. The Morgan fingerprint density at radius 3 is 2.74 bits per heavy atom. The number of hydrogen-bond acceptors (Lipinski definition) is 6. The molecule has 0 radical (unpaired) electrons. The number of nitrogens with one attached hydrogen (secondary N) is 1. The van der Waals surface area contributed by atoms with Crippen LogP contribution in [0.4, 0.5) is 5.95 Å². The molecule has 1 aromatic heterocycles. The average molecular weight is 330 g/mol. The summed E-state index contributed by atoms with van der Waals surface area (Å²) in [4.78, 5) is 10.4. The Kier molecular flexibility index (Phi) is 5.71. The molecule has 1 N–H and O–H groups in total. The van der Waals surface area contributed by atoms with Crippen LogP contribution < -0.4 is 15.0 Å². The summed E-state index contributed by atoms with van der Waals surface area (Å²) in [6.45, 7) is 1.35. The standard InChI is InChI=1S/C17H22N4OS/c1-21(17-18-7-2-8-19-17)9-10-22-16-5-3-14(4-6-16)11-15-12-23-13-20-15/h2-8,15,20H,9-13H2,1H3. The lowest BCUT2D eigenvalue weighted by Crippen LogP contribution is -2.26. The normalized spacial score (nSPS) is 17.2. The van der Waals surface area contributed by atoms with Gasteiger partial charge in [0.25, 0.3) is 0 Å². The zero-order valence-corrected chi connectivity index (χ0v) is 14.1. The number of thioether (sulfide) groups is 1. The molecule has 0 amide bonds. The van der Waals surface area contributed by atoms with Crippen molar-refractivity contribution in [1.29, 1.82) is 0 Å². The van der Waals surface area contributed by atoms with E-state index < -0.39 is 0 Å². The molecule has 1 aliphatic rings. The van der Waals surface area contributed by atoms with Crippen LogP contribution in [-0.4, -0.2) is 47.8 Å². The van der Waals surface area contributed by atoms with Gasteiger partial charge < -0.3 is 15.0 Å². The lowest BCUT2D eigenvalue weighted by Gasteiger charge is -2.17. The van der Waals surface area contributed by atoms with Gasteiger partial charge in [0.2, 0.25) is 5.95 Å². The van der Waals surface area contributed by atoms with E-state index in [9.17, 15) is 0 Å². The smallest absolute Gasteiger partial charge is 0.225 e. The lowest BCUT2D eigenvalue weighted by molar-refractivity contribution is 0.325. The highest BCUT2D eigenvalue weighted by Gasteiger charge is 2.14. The van der Waals surface area contributed by atoms with Crippen LogP contribution in [0.5, 0.6) is 5.75 Å². The Morgan fingerprint density at radius 1 is 1.26 bits per heavy atom. The molecular weight excluding hydrogens is 308 g/mol. The quantitative estimate of drug-likeness (QED) is 0.840. The fourth-order valence-corrected chi connectivity index (χ4v) is 3.45. The number of aromatic nitrogens is 2. The van der Waals surface area contributed by atoms with Gasteiger partial charge >= 0.3 is 0 Å². The molecule has 2 heterocycles. The molecule has 3 rings (SSSR count). The van der Waals surface area contributed by atoms with Crippen molar-refractivity contribution in [1.82, 2.24) is 15.3 Å². The minimum atomic E-state index is 0.603. The van der Waals surface area contributed by atoms with Crippen LogP contribution >= 0.6 is 11.8 Å². The van der Waals surface area contributed by atoms with Crippen LogP contribution in [0.2, 0.25) is 0 Å². The van der Waals surface area contributed by atoms with Crippen LogP contribution in [0.3, 0.4) is 0 Å². The van der Waals surface area contributed by atoms with E-state index in [0.717, 1.165) is 24.6 Å². The van der Waals surface area contributed by atoms with E-state index in [2.05, 4.69) is 39.6 Å². The average Bonchev–Trinajstić information content (AvgIpc) is 3.10. The molecule has 1 aromatic carbocycles. The maximum atomic E-state index is 5.81. The third kappa shape index (κ3) is 4.84. The SMILES string of the molecule is CN(CCOc1ccc(CC2CSCN2)cc1)c1ncccn1. The molecule has 1 aliphatic heterocycles. The molecule has 23 heavy (non-hydrogen) atoms. The summed E-state index contributed by atoms with van der Waals surface area (Å²) in [5.74, 6) is 3.90. The van der Waals surface area contributed by atoms with Crippen molar-refractivity contribution in [2.75, 3.05) is 36.7 Å². The molecule has 122 valence electrons. The number of likely N-dealkylation sites (N-methyl/N-ethyl adjacent to an activating group) is 1. The van der Waals surface area contributed by atoms with E-state index >= 15 is 0 Å². The van der Waals surface area contributed by atoms with E-state index in [-0.39, 0.29) is 0 Å². The van der Waals surface area contributed by atoms with Crippen molar-refractivity contribution >= 4 is 17.7 Å². The molecule has 1 unspecified atom stereocenters. The van der Waals surface area contributed by atoms with Gasteiger partial charge in [0.05, 0.1) is 6.54 Å². The first-order chi connectivity index (χ1) is 11.3. The fraction of sp³-hybridized carbons (Fsp3) is 0.412. The Morgan fingerprint density at radius 2 is 2.04 bits per heavy atom. The van der Waals surface area contributed by atoms with Crippen LogP contribution in [0.15, 0.2) is 42.7 Å². The highest BCUT2D eigenvalue weighted by molar-refractivity contribution is 7.99. The van der Waals surface area contributed by atoms with E-state index in [1.807, 2.05) is 29.8 Å². The van der Waals surface area contributed by atoms with Gasteiger partial charge in [0.15, 0.2) is 0 Å². The van der Waals surface area contributed by atoms with Gasteiger partial charge in [-0.15, -0.1) is 11.8 Å². The second-order valence-electron chi connectivity index (χ2n) is 5.58. The van der Waals surface area contributed by atoms with Crippen molar-refractivity contribution in [3.05, 3.63) is 48.3 Å². The monoisotopic (exact) mass is 330 g/mol. The molecule has 2 aromatic rings. The Hall–Kier alpha value is -1.79. The van der Waals surface area contributed by atoms with Gasteiger partial charge in [-0.2, -0.15) is 0 Å². The van der Waals surface area contributed by atoms with Gasteiger partial charge in [0, 0.05) is 37.1 Å². The van der Waals surface area contributed by atoms with Crippen LogP contribution in [-0.2, 0) is 6.42 Å². The molecule has 6 heteroatoms. The molecule has 0 spiro atoms. The molecule has 0 aliphatic carbocycles. The Balaban J connectivity index is 1.43. The molecule has 0 saturated carbocycles. The summed E-state index contributed by atoms with van der Waals surface area (Å²) in [5.41, 5.74) is 1.35. The molecular formula is C17H22N4OS. The first-order valence-corrected chi connectivity index (χ1v) is 8.98. The molecule has 1 saturated heterocycles. The number of anilines is 1. The van der Waals surface area contributed by atoms with Crippen LogP contribution in [0, 0.1) is 0 Å². The predicted octanol–water partition coefficient (Wildman–Crippen LogP) is 2.20. The second-order valence-corrected chi connectivity index (χ2v) is 6.61. The highest BCUT2D eigenvalue weighted by Crippen LogP contribution is 2.17. The number of ether oxygens (including phenoxy) is 1. The molecule has 1 atom stereocenters. The third-order valence-electron chi connectivity index (χ3n) is 3.79. The summed E-state index contributed by atoms with van der Waals surface area (Å²) >= 11 is 1.97. The minimum Gasteiger partial charge on any atom is -0.492 e. The van der Waals surface area contributed by atoms with Crippen molar-refractivity contribution in [2.24, 2.45) is 0 Å². The first kappa shape index (κ1) is 16.1. The maximum Gasteiger partial charge on any atom is 0.225 e. The topological polar surface area (TPSA) is 50.3 Å². The Labute approximate surface area is 141 Å². The Bertz CT molecular complexity index is 587. The minimum absolute atomic E-state index is 0.603. The third-order valence-corrected chi connectivity index (χ3v) is 4.80. The van der Waals surface area contributed by atoms with Crippen molar-refractivity contribution in [3.63, 3.8) is 0 Å². The van der Waals surface area contributed by atoms with Crippen molar-refractivity contribution < 1.29 is 4.74 Å². The lowest BCUT2D eigenvalue weighted by atomic mass is 10.1. The number of rotatable bonds is 7. The van der Waals surface area contributed by atoms with Gasteiger partial charge in [-0.05, 0) is 30.2 Å². The first-order valence-electron chi connectivity index (χ1n) is 7.82. The highest BCUT2D eigenvalue weighted by atomic mass is 32.2. The second kappa shape index (κ2) is 8.17. The largest absolute Gasteiger partial charge is 0.492 e. The fourth-order valence-electron chi connectivity index (χ4n) is 2.46. The summed E-state index contributed by atoms with van der Waals surface area (Å²) in [7, 11) is 1.97.